The maximum atomic E-state index is 4.81. The van der Waals surface area contributed by atoms with Gasteiger partial charge in [-0.15, -0.1) is 0 Å². The van der Waals surface area contributed by atoms with Crippen LogP contribution in [0.25, 0.3) is 0 Å². The lowest BCUT2D eigenvalue weighted by molar-refractivity contribution is 1.20. The zero-order chi connectivity index (χ0) is 8.53. The van der Waals surface area contributed by atoms with Crippen molar-refractivity contribution >= 4 is 34.8 Å². The van der Waals surface area contributed by atoms with Crippen molar-refractivity contribution in [2.75, 3.05) is 0 Å². The minimum atomic E-state index is -0.750. The van der Waals surface area contributed by atoms with E-state index in [4.69, 9.17) is 34.8 Å². The molecule has 1 heterocycles. The van der Waals surface area contributed by atoms with Crippen LogP contribution in [0.1, 0.15) is 0 Å². The lowest BCUT2D eigenvalue weighted by Crippen LogP contribution is -1.87. The molecule has 1 aliphatic heterocycles. The van der Waals surface area contributed by atoms with Crippen molar-refractivity contribution in [1.29, 1.82) is 0 Å². The molecule has 11 heavy (non-hydrogen) atoms. The second kappa shape index (κ2) is 7.99. The minimum Gasteiger partial charge on any atom is -0.368 e. The van der Waals surface area contributed by atoms with E-state index in [-0.39, 0.29) is 0 Å². The van der Waals surface area contributed by atoms with Crippen LogP contribution in [0.3, 0.4) is 0 Å². The van der Waals surface area contributed by atoms with Crippen LogP contribution in [0, 0.1) is 0 Å². The first kappa shape index (κ1) is 10.9. The predicted molar refractivity (Wildman–Crippen MR) is 51.9 cm³/mol. The quantitative estimate of drug-likeness (QED) is 0.608. The molecule has 0 aromatic carbocycles. The first-order chi connectivity index (χ1) is 5.23. The van der Waals surface area contributed by atoms with Crippen LogP contribution >= 0.6 is 34.8 Å². The topological polar surface area (TPSA) is 12.0 Å². The van der Waals surface area contributed by atoms with Gasteiger partial charge in [0.15, 0.2) is 4.30 Å². The molecule has 0 fully saturated rings. The summed E-state index contributed by atoms with van der Waals surface area (Å²) in [6.45, 7) is 0. The molecule has 0 atom stereocenters. The Morgan fingerprint density at radius 3 is 1.55 bits per heavy atom. The largest absolute Gasteiger partial charge is 0.368 e. The summed E-state index contributed by atoms with van der Waals surface area (Å²) in [5.41, 5.74) is 0. The first-order valence-electron chi connectivity index (χ1n) is 2.90. The van der Waals surface area contributed by atoms with Crippen LogP contribution in [0.5, 0.6) is 0 Å². The van der Waals surface area contributed by atoms with Gasteiger partial charge in [-0.1, -0.05) is 47.0 Å². The summed E-state index contributed by atoms with van der Waals surface area (Å²) in [6.07, 6.45) is 11.6. The molecule has 0 unspecified atom stereocenters. The highest BCUT2D eigenvalue weighted by molar-refractivity contribution is 6.63. The number of alkyl halides is 3. The Labute approximate surface area is 81.3 Å². The molecule has 1 nitrogen and oxygen atoms in total. The highest BCUT2D eigenvalue weighted by atomic mass is 35.6. The molecule has 0 bridgehead atoms. The SMILES string of the molecule is C1=CC=CNC=C1.ClC(Cl)Cl. The first-order valence-corrected chi connectivity index (χ1v) is 4.21. The van der Waals surface area contributed by atoms with Gasteiger partial charge in [0.25, 0.3) is 0 Å². The van der Waals surface area contributed by atoms with Crippen LogP contribution in [0.15, 0.2) is 36.7 Å². The molecule has 0 saturated heterocycles. The second-order valence-electron chi connectivity index (χ2n) is 1.52. The Balaban J connectivity index is 0.000000218. The summed E-state index contributed by atoms with van der Waals surface area (Å²) in [5, 5.41) is 2.92. The number of hydrogen-bond acceptors (Lipinski definition) is 1. The average Bonchev–Trinajstić information content (AvgIpc) is 2.13. The van der Waals surface area contributed by atoms with Crippen molar-refractivity contribution in [1.82, 2.24) is 5.32 Å². The smallest absolute Gasteiger partial charge is 0.180 e. The highest BCUT2D eigenvalue weighted by Gasteiger charge is 1.78. The van der Waals surface area contributed by atoms with E-state index in [0.29, 0.717) is 0 Å². The van der Waals surface area contributed by atoms with Crippen molar-refractivity contribution < 1.29 is 0 Å². The molecule has 0 spiro atoms. The molecule has 0 aromatic rings. The Morgan fingerprint density at radius 2 is 1.18 bits per heavy atom. The molecular weight excluding hydrogens is 204 g/mol. The van der Waals surface area contributed by atoms with Crippen molar-refractivity contribution in [3.05, 3.63) is 36.7 Å². The maximum Gasteiger partial charge on any atom is 0.180 e. The monoisotopic (exact) mass is 211 g/mol. The summed E-state index contributed by atoms with van der Waals surface area (Å²) < 4.78 is -0.750. The van der Waals surface area contributed by atoms with E-state index in [1.165, 1.54) is 0 Å². The summed E-state index contributed by atoms with van der Waals surface area (Å²) in [7, 11) is 0. The molecule has 0 saturated carbocycles. The van der Waals surface area contributed by atoms with Gasteiger partial charge in [-0.05, 0) is 12.2 Å². The van der Waals surface area contributed by atoms with Crippen LogP contribution in [0.4, 0.5) is 0 Å². The molecular formula is C7H8Cl3N. The minimum absolute atomic E-state index is 0.750. The molecule has 0 aromatic heterocycles. The molecule has 62 valence electrons. The van der Waals surface area contributed by atoms with Gasteiger partial charge in [-0.25, -0.2) is 0 Å². The van der Waals surface area contributed by atoms with E-state index in [1.54, 1.807) is 0 Å². The van der Waals surface area contributed by atoms with Gasteiger partial charge in [0.05, 0.1) is 0 Å². The van der Waals surface area contributed by atoms with Gasteiger partial charge in [0.2, 0.25) is 0 Å². The van der Waals surface area contributed by atoms with E-state index in [1.807, 2.05) is 36.7 Å². The Morgan fingerprint density at radius 1 is 0.818 bits per heavy atom. The van der Waals surface area contributed by atoms with Gasteiger partial charge in [-0.2, -0.15) is 0 Å². The molecule has 4 heteroatoms. The van der Waals surface area contributed by atoms with Gasteiger partial charge in [0, 0.05) is 12.4 Å². The van der Waals surface area contributed by atoms with Crippen LogP contribution in [-0.4, -0.2) is 4.30 Å². The molecule has 0 amide bonds. The fourth-order valence-corrected chi connectivity index (χ4v) is 0.406. The van der Waals surface area contributed by atoms with Crippen LogP contribution in [0.2, 0.25) is 0 Å². The second-order valence-corrected chi connectivity index (χ2v) is 3.50. The Hall–Kier alpha value is -0.110. The van der Waals surface area contributed by atoms with E-state index in [9.17, 15) is 0 Å². The van der Waals surface area contributed by atoms with Gasteiger partial charge in [0.1, 0.15) is 0 Å². The lowest BCUT2D eigenvalue weighted by atomic mass is 10.5. The standard InChI is InChI=1S/C6H7N.CHCl3/c1-2-4-6-7-5-3-1;2-1(3)4/h1-7H;1H. The van der Waals surface area contributed by atoms with Crippen molar-refractivity contribution in [2.45, 2.75) is 4.30 Å². The van der Waals surface area contributed by atoms with Crippen molar-refractivity contribution in [2.24, 2.45) is 0 Å². The van der Waals surface area contributed by atoms with Crippen molar-refractivity contribution in [3.8, 4) is 0 Å². The number of hydrogen-bond donors (Lipinski definition) is 1. The predicted octanol–water partition coefficient (Wildman–Crippen LogP) is 3.16. The third-order valence-corrected chi connectivity index (χ3v) is 0.718. The van der Waals surface area contributed by atoms with E-state index < -0.39 is 4.30 Å². The molecule has 1 aliphatic rings. The lowest BCUT2D eigenvalue weighted by Gasteiger charge is -1.79. The fourth-order valence-electron chi connectivity index (χ4n) is 0.406. The maximum absolute atomic E-state index is 4.81. The number of rotatable bonds is 0. The summed E-state index contributed by atoms with van der Waals surface area (Å²) >= 11 is 14.4. The summed E-state index contributed by atoms with van der Waals surface area (Å²) in [6, 6.07) is 0. The Kier molecular flexibility index (Phi) is 7.91. The average molecular weight is 213 g/mol. The third-order valence-electron chi connectivity index (χ3n) is 0.718. The van der Waals surface area contributed by atoms with Crippen LogP contribution < -0.4 is 5.32 Å². The van der Waals surface area contributed by atoms with E-state index in [2.05, 4.69) is 5.32 Å². The third kappa shape index (κ3) is 13.0. The van der Waals surface area contributed by atoms with Gasteiger partial charge in [-0.3, -0.25) is 0 Å². The number of allylic oxidation sites excluding steroid dienone is 4. The zero-order valence-electron chi connectivity index (χ0n) is 5.68. The molecule has 0 radical (unpaired) electrons. The van der Waals surface area contributed by atoms with Crippen molar-refractivity contribution in [3.63, 3.8) is 0 Å². The zero-order valence-corrected chi connectivity index (χ0v) is 7.94. The summed E-state index contributed by atoms with van der Waals surface area (Å²) in [5.74, 6) is 0. The summed E-state index contributed by atoms with van der Waals surface area (Å²) in [4.78, 5) is 0. The van der Waals surface area contributed by atoms with E-state index >= 15 is 0 Å². The Bertz CT molecular complexity index is 144. The fraction of sp³-hybridized carbons (Fsp3) is 0.143. The molecule has 0 aliphatic carbocycles. The highest BCUT2D eigenvalue weighted by Crippen LogP contribution is 2.03. The van der Waals surface area contributed by atoms with Gasteiger partial charge < -0.3 is 5.32 Å². The van der Waals surface area contributed by atoms with Crippen LogP contribution in [-0.2, 0) is 0 Å². The number of nitrogens with one attached hydrogen (secondary N) is 1. The normalized spacial score (nSPS) is 13.5. The molecule has 1 rings (SSSR count). The van der Waals surface area contributed by atoms with Gasteiger partial charge >= 0.3 is 0 Å². The number of halogens is 3. The molecule has 1 N–H and O–H groups in total. The van der Waals surface area contributed by atoms with E-state index in [0.717, 1.165) is 0 Å².